The van der Waals surface area contributed by atoms with E-state index in [1.807, 2.05) is 0 Å². The second-order valence-electron chi connectivity index (χ2n) is 5.68. The van der Waals surface area contributed by atoms with Crippen LogP contribution in [0.3, 0.4) is 0 Å². The van der Waals surface area contributed by atoms with Crippen molar-refractivity contribution < 1.29 is 49.4 Å². The molecule has 0 saturated heterocycles. The third-order valence-electron chi connectivity index (χ3n) is 3.48. The van der Waals surface area contributed by atoms with Gasteiger partial charge in [0, 0.05) is 12.1 Å². The smallest absolute Gasteiger partial charge is 0.422 e. The number of benzene rings is 1. The molecule has 0 saturated carbocycles. The number of nitrogens with zero attached hydrogens (tertiary/aromatic N) is 2. The molecule has 1 heterocycles. The van der Waals surface area contributed by atoms with E-state index in [1.165, 1.54) is 0 Å². The molecule has 0 radical (unpaired) electrons. The minimum absolute atomic E-state index is 0.0282. The van der Waals surface area contributed by atoms with E-state index in [9.17, 15) is 44.7 Å². The summed E-state index contributed by atoms with van der Waals surface area (Å²) in [5.74, 6) is -4.68. The van der Waals surface area contributed by atoms with Gasteiger partial charge in [-0.05, 0) is 0 Å². The van der Waals surface area contributed by atoms with Gasteiger partial charge in [0.25, 0.3) is 0 Å². The van der Waals surface area contributed by atoms with Gasteiger partial charge in [0.2, 0.25) is 5.91 Å². The van der Waals surface area contributed by atoms with Crippen molar-refractivity contribution in [3.63, 3.8) is 0 Å². The molecule has 0 aromatic heterocycles. The second kappa shape index (κ2) is 7.41. The number of hydrogen-bond acceptors (Lipinski definition) is 4. The van der Waals surface area contributed by atoms with Crippen LogP contribution in [0.5, 0.6) is 0 Å². The first-order valence-electron chi connectivity index (χ1n) is 7.33. The van der Waals surface area contributed by atoms with Crippen molar-refractivity contribution in [2.24, 2.45) is 5.73 Å². The molecule has 6 nitrogen and oxygen atoms in total. The first-order valence-corrected chi connectivity index (χ1v) is 7.33. The summed E-state index contributed by atoms with van der Waals surface area (Å²) in [6.07, 6.45) is -11.7. The number of halogens is 8. The highest BCUT2D eigenvalue weighted by molar-refractivity contribution is 6.05. The predicted octanol–water partition coefficient (Wildman–Crippen LogP) is 2.71. The van der Waals surface area contributed by atoms with Crippen LogP contribution in [0.2, 0.25) is 0 Å². The fourth-order valence-corrected chi connectivity index (χ4v) is 2.39. The molecule has 1 atom stereocenters. The monoisotopic (exact) mass is 421 g/mol. The lowest BCUT2D eigenvalue weighted by Crippen LogP contribution is -2.50. The first-order chi connectivity index (χ1) is 12.7. The molecule has 1 aliphatic heterocycles. The standard InChI is InChI=1S/C14H11F8N3O3/c15-6-1-9-10(2-7(6)16)25(4-13(17,18)19)11(26)8(23)3-24(9)12(27)28-5-14(20,21)22/h1-2,8H,3-5,23H2/t8-/m0/s1. The molecule has 28 heavy (non-hydrogen) atoms. The molecular formula is C14H11F8N3O3. The van der Waals surface area contributed by atoms with E-state index in [0.29, 0.717) is 0 Å². The normalized spacial score (nSPS) is 18.0. The zero-order valence-corrected chi connectivity index (χ0v) is 13.6. The molecule has 156 valence electrons. The van der Waals surface area contributed by atoms with Gasteiger partial charge in [0.15, 0.2) is 18.2 Å². The Morgan fingerprint density at radius 1 is 1.07 bits per heavy atom. The summed E-state index contributed by atoms with van der Waals surface area (Å²) in [5, 5.41) is 0. The highest BCUT2D eigenvalue weighted by Gasteiger charge is 2.42. The van der Waals surface area contributed by atoms with Gasteiger partial charge in [-0.25, -0.2) is 13.6 Å². The van der Waals surface area contributed by atoms with Crippen molar-refractivity contribution in [2.45, 2.75) is 18.4 Å². The summed E-state index contributed by atoms with van der Waals surface area (Å²) < 4.78 is 106. The molecule has 2 rings (SSSR count). The van der Waals surface area contributed by atoms with Crippen LogP contribution in [0.1, 0.15) is 0 Å². The number of carbonyl (C=O) groups excluding carboxylic acids is 2. The van der Waals surface area contributed by atoms with Gasteiger partial charge in [0.1, 0.15) is 12.6 Å². The average Bonchev–Trinajstić information content (AvgIpc) is 2.63. The molecular weight excluding hydrogens is 410 g/mol. The number of amides is 2. The van der Waals surface area contributed by atoms with Gasteiger partial charge in [0.05, 0.1) is 17.9 Å². The summed E-state index contributed by atoms with van der Waals surface area (Å²) in [4.78, 5) is 24.4. The summed E-state index contributed by atoms with van der Waals surface area (Å²) in [6.45, 7) is -4.94. The minimum Gasteiger partial charge on any atom is -0.439 e. The molecule has 1 aliphatic rings. The molecule has 14 heteroatoms. The fourth-order valence-electron chi connectivity index (χ4n) is 2.39. The number of anilines is 2. The molecule has 0 aliphatic carbocycles. The van der Waals surface area contributed by atoms with Crippen molar-refractivity contribution in [1.29, 1.82) is 0 Å². The predicted molar refractivity (Wildman–Crippen MR) is 77.5 cm³/mol. The van der Waals surface area contributed by atoms with Crippen LogP contribution in [0.4, 0.5) is 51.3 Å². The van der Waals surface area contributed by atoms with Crippen molar-refractivity contribution in [3.8, 4) is 0 Å². The lowest BCUT2D eigenvalue weighted by Gasteiger charge is -2.26. The van der Waals surface area contributed by atoms with Gasteiger partial charge in [-0.2, -0.15) is 26.3 Å². The zero-order valence-electron chi connectivity index (χ0n) is 13.6. The highest BCUT2D eigenvalue weighted by atomic mass is 19.4. The summed E-state index contributed by atoms with van der Waals surface area (Å²) >= 11 is 0. The van der Waals surface area contributed by atoms with Crippen molar-refractivity contribution in [3.05, 3.63) is 23.8 Å². The Kier molecular flexibility index (Phi) is 5.73. The van der Waals surface area contributed by atoms with Crippen molar-refractivity contribution in [2.75, 3.05) is 29.5 Å². The molecule has 0 fully saturated rings. The van der Waals surface area contributed by atoms with E-state index in [4.69, 9.17) is 5.73 Å². The van der Waals surface area contributed by atoms with Gasteiger partial charge in [-0.15, -0.1) is 0 Å². The fraction of sp³-hybridized carbons (Fsp3) is 0.429. The Morgan fingerprint density at radius 3 is 2.11 bits per heavy atom. The average molecular weight is 421 g/mol. The number of nitrogens with two attached hydrogens (primary N) is 1. The summed E-state index contributed by atoms with van der Waals surface area (Å²) in [6, 6.07) is -1.37. The Morgan fingerprint density at radius 2 is 1.61 bits per heavy atom. The molecule has 0 bridgehead atoms. The third-order valence-corrected chi connectivity index (χ3v) is 3.48. The minimum atomic E-state index is -4.98. The maximum absolute atomic E-state index is 13.6. The van der Waals surface area contributed by atoms with E-state index >= 15 is 0 Å². The van der Waals surface area contributed by atoms with Gasteiger partial charge >= 0.3 is 18.4 Å². The molecule has 1 aromatic carbocycles. The number of fused-ring (bicyclic) bond motifs is 1. The summed E-state index contributed by atoms with van der Waals surface area (Å²) in [5.41, 5.74) is 3.72. The Hall–Kier alpha value is -2.64. The van der Waals surface area contributed by atoms with Crippen LogP contribution in [0, 0.1) is 11.6 Å². The zero-order chi connectivity index (χ0) is 21.4. The highest BCUT2D eigenvalue weighted by Crippen LogP contribution is 2.37. The van der Waals surface area contributed by atoms with E-state index in [-0.39, 0.29) is 21.9 Å². The molecule has 1 aromatic rings. The van der Waals surface area contributed by atoms with Crippen LogP contribution in [-0.2, 0) is 9.53 Å². The van der Waals surface area contributed by atoms with Gasteiger partial charge in [-0.3, -0.25) is 14.6 Å². The SMILES string of the molecule is N[C@H]1CN(C(=O)OCC(F)(F)F)c2cc(F)c(F)cc2N(CC(F)(F)F)C1=O. The maximum Gasteiger partial charge on any atom is 0.422 e. The van der Waals surface area contributed by atoms with Gasteiger partial charge < -0.3 is 10.5 Å². The Labute approximate surface area is 151 Å². The molecule has 0 spiro atoms. The largest absolute Gasteiger partial charge is 0.439 e. The molecule has 0 unspecified atom stereocenters. The van der Waals surface area contributed by atoms with E-state index in [1.54, 1.807) is 0 Å². The van der Waals surface area contributed by atoms with Crippen LogP contribution in [-0.4, -0.2) is 50.1 Å². The first kappa shape index (κ1) is 21.7. The van der Waals surface area contributed by atoms with Crippen molar-refractivity contribution >= 4 is 23.4 Å². The number of ether oxygens (including phenoxy) is 1. The lowest BCUT2D eigenvalue weighted by atomic mass is 10.2. The van der Waals surface area contributed by atoms with Gasteiger partial charge in [-0.1, -0.05) is 0 Å². The van der Waals surface area contributed by atoms with E-state index in [0.717, 1.165) is 0 Å². The quantitative estimate of drug-likeness (QED) is 0.746. The third kappa shape index (κ3) is 4.99. The topological polar surface area (TPSA) is 75.9 Å². The maximum atomic E-state index is 13.6. The lowest BCUT2D eigenvalue weighted by molar-refractivity contribution is -0.159. The number of alkyl halides is 6. The Bertz CT molecular complexity index is 780. The molecule has 2 N–H and O–H groups in total. The number of hydrogen-bond donors (Lipinski definition) is 1. The number of rotatable bonds is 2. The Balaban J connectivity index is 2.54. The molecule has 2 amide bonds. The number of carbonyl (C=O) groups is 2. The van der Waals surface area contributed by atoms with E-state index in [2.05, 4.69) is 4.74 Å². The summed E-state index contributed by atoms with van der Waals surface area (Å²) in [7, 11) is 0. The van der Waals surface area contributed by atoms with Crippen LogP contribution in [0.15, 0.2) is 12.1 Å². The van der Waals surface area contributed by atoms with Crippen LogP contribution < -0.4 is 15.5 Å². The van der Waals surface area contributed by atoms with E-state index < -0.39 is 73.1 Å². The second-order valence-corrected chi connectivity index (χ2v) is 5.68. The van der Waals surface area contributed by atoms with Crippen LogP contribution in [0.25, 0.3) is 0 Å². The van der Waals surface area contributed by atoms with Crippen LogP contribution >= 0.6 is 0 Å². The van der Waals surface area contributed by atoms with Crippen molar-refractivity contribution in [1.82, 2.24) is 0 Å².